The van der Waals surface area contributed by atoms with Crippen LogP contribution in [-0.2, 0) is 13.0 Å². The lowest BCUT2D eigenvalue weighted by atomic mass is 10.0. The summed E-state index contributed by atoms with van der Waals surface area (Å²) < 4.78 is 23.7. The molecule has 0 saturated carbocycles. The number of aromatic nitrogens is 6. The number of rotatable bonds is 5. The molecule has 11 heteroatoms. The Labute approximate surface area is 199 Å². The number of hydrogen-bond acceptors (Lipinski definition) is 8. The van der Waals surface area contributed by atoms with Crippen molar-refractivity contribution in [2.75, 3.05) is 30.9 Å². The number of fused-ring (bicyclic) bond motifs is 3. The highest BCUT2D eigenvalue weighted by molar-refractivity contribution is 5.87. The average molecular weight is 469 g/mol. The van der Waals surface area contributed by atoms with Gasteiger partial charge in [-0.1, -0.05) is 0 Å². The number of nitriles is 1. The van der Waals surface area contributed by atoms with Crippen LogP contribution in [0.4, 0.5) is 16.2 Å². The Kier molecular flexibility index (Phi) is 4.74. The summed E-state index contributed by atoms with van der Waals surface area (Å²) in [6.07, 6.45) is 5.46. The topological polar surface area (TPSA) is 109 Å². The van der Waals surface area contributed by atoms with E-state index in [1.807, 2.05) is 31.1 Å². The molecule has 0 radical (unpaired) electrons. The summed E-state index contributed by atoms with van der Waals surface area (Å²) in [6, 6.07) is 9.14. The summed E-state index contributed by atoms with van der Waals surface area (Å²) in [5, 5.41) is 21.2. The summed E-state index contributed by atoms with van der Waals surface area (Å²) in [7, 11) is 3.82. The summed E-state index contributed by atoms with van der Waals surface area (Å²) in [4.78, 5) is 11.0. The van der Waals surface area contributed by atoms with Crippen molar-refractivity contribution in [1.29, 1.82) is 5.26 Å². The second-order valence-electron chi connectivity index (χ2n) is 8.39. The van der Waals surface area contributed by atoms with E-state index in [1.54, 1.807) is 33.6 Å². The lowest BCUT2D eigenvalue weighted by Crippen LogP contribution is -2.14. The average Bonchev–Trinajstić information content (AvgIpc) is 3.62. The van der Waals surface area contributed by atoms with Crippen LogP contribution in [0, 0.1) is 17.1 Å². The van der Waals surface area contributed by atoms with Crippen LogP contribution in [-0.4, -0.2) is 49.7 Å². The van der Waals surface area contributed by atoms with Crippen molar-refractivity contribution in [2.24, 2.45) is 0 Å². The molecular weight excluding hydrogens is 449 g/mol. The van der Waals surface area contributed by atoms with Gasteiger partial charge in [0.15, 0.2) is 5.65 Å². The van der Waals surface area contributed by atoms with E-state index < -0.39 is 0 Å². The molecule has 0 amide bonds. The third-order valence-corrected chi connectivity index (χ3v) is 6.19. The minimum atomic E-state index is -0.283. The van der Waals surface area contributed by atoms with Crippen LogP contribution >= 0.6 is 0 Å². The van der Waals surface area contributed by atoms with Gasteiger partial charge in [-0.05, 0) is 24.3 Å². The first-order chi connectivity index (χ1) is 17.1. The molecule has 0 spiro atoms. The van der Waals surface area contributed by atoms with Crippen molar-refractivity contribution in [3.05, 3.63) is 65.6 Å². The highest BCUT2D eigenvalue weighted by Gasteiger charge is 2.21. The third kappa shape index (κ3) is 3.22. The summed E-state index contributed by atoms with van der Waals surface area (Å²) in [5.41, 5.74) is 4.51. The minimum Gasteiger partial charge on any atom is -0.493 e. The minimum absolute atomic E-state index is 0.242. The molecule has 0 aliphatic carbocycles. The molecule has 4 aromatic heterocycles. The van der Waals surface area contributed by atoms with Gasteiger partial charge >= 0.3 is 0 Å². The second kappa shape index (κ2) is 7.95. The number of imidazole rings is 1. The molecule has 0 atom stereocenters. The van der Waals surface area contributed by atoms with Gasteiger partial charge in [0, 0.05) is 55.5 Å². The van der Waals surface area contributed by atoms with E-state index in [0.717, 1.165) is 22.7 Å². The Morgan fingerprint density at radius 3 is 2.86 bits per heavy atom. The van der Waals surface area contributed by atoms with E-state index >= 15 is 0 Å². The highest BCUT2D eigenvalue weighted by atomic mass is 19.1. The van der Waals surface area contributed by atoms with Gasteiger partial charge in [-0.15, -0.1) is 10.2 Å². The molecule has 1 aliphatic heterocycles. The molecule has 0 fully saturated rings. The van der Waals surface area contributed by atoms with Crippen LogP contribution < -0.4 is 15.0 Å². The van der Waals surface area contributed by atoms with Gasteiger partial charge in [-0.3, -0.25) is 8.80 Å². The van der Waals surface area contributed by atoms with E-state index in [-0.39, 0.29) is 12.4 Å². The first-order valence-corrected chi connectivity index (χ1v) is 11.0. The van der Waals surface area contributed by atoms with Crippen LogP contribution in [0.25, 0.3) is 22.4 Å². The molecule has 5 heterocycles. The molecule has 10 nitrogen and oxygen atoms in total. The largest absolute Gasteiger partial charge is 0.493 e. The fourth-order valence-corrected chi connectivity index (χ4v) is 4.53. The van der Waals surface area contributed by atoms with E-state index in [9.17, 15) is 9.65 Å². The maximum absolute atomic E-state index is 14.6. The smallest absolute Gasteiger partial charge is 0.210 e. The molecule has 5 aromatic rings. The summed E-state index contributed by atoms with van der Waals surface area (Å²) in [5.74, 6) is 1.74. The van der Waals surface area contributed by atoms with Crippen molar-refractivity contribution < 1.29 is 9.13 Å². The van der Waals surface area contributed by atoms with Gasteiger partial charge in [0.1, 0.15) is 41.1 Å². The molecule has 6 rings (SSSR count). The van der Waals surface area contributed by atoms with Crippen LogP contribution in [0.5, 0.6) is 5.75 Å². The van der Waals surface area contributed by atoms with Gasteiger partial charge in [-0.2, -0.15) is 5.26 Å². The van der Waals surface area contributed by atoms with E-state index in [0.29, 0.717) is 47.1 Å². The number of benzene rings is 1. The number of hydrogen-bond donors (Lipinski definition) is 1. The number of anilines is 2. The fraction of sp³-hybridized carbons (Fsp3) is 0.208. The first kappa shape index (κ1) is 20.9. The Bertz CT molecular complexity index is 1650. The predicted octanol–water partition coefficient (Wildman–Crippen LogP) is 3.06. The molecule has 0 saturated heterocycles. The maximum atomic E-state index is 14.6. The van der Waals surface area contributed by atoms with E-state index in [4.69, 9.17) is 4.74 Å². The Morgan fingerprint density at radius 1 is 1.14 bits per heavy atom. The van der Waals surface area contributed by atoms with Gasteiger partial charge in [-0.25, -0.2) is 14.4 Å². The van der Waals surface area contributed by atoms with Crippen LogP contribution in [0.3, 0.4) is 0 Å². The third-order valence-electron chi connectivity index (χ3n) is 6.19. The normalized spacial score (nSPS) is 12.5. The molecule has 1 aliphatic rings. The van der Waals surface area contributed by atoms with Crippen molar-refractivity contribution >= 4 is 23.1 Å². The number of halogens is 1. The Morgan fingerprint density at radius 2 is 2.03 bits per heavy atom. The van der Waals surface area contributed by atoms with Crippen molar-refractivity contribution in [2.45, 2.75) is 13.0 Å². The van der Waals surface area contributed by atoms with E-state index in [1.165, 1.54) is 6.07 Å². The first-order valence-electron chi connectivity index (χ1n) is 11.0. The number of nitrogens with zero attached hydrogens (tertiary/aromatic N) is 8. The zero-order valence-corrected chi connectivity index (χ0v) is 19.0. The van der Waals surface area contributed by atoms with Crippen LogP contribution in [0.15, 0.2) is 43.0 Å². The quantitative estimate of drug-likeness (QED) is 0.418. The van der Waals surface area contributed by atoms with Gasteiger partial charge in [0.25, 0.3) is 0 Å². The summed E-state index contributed by atoms with van der Waals surface area (Å²) >= 11 is 0. The molecule has 174 valence electrons. The lowest BCUT2D eigenvalue weighted by Gasteiger charge is -2.17. The number of ether oxygens (including phenoxy) is 1. The Balaban J connectivity index is 1.42. The number of nitrogens with one attached hydrogen (secondary N) is 1. The van der Waals surface area contributed by atoms with E-state index in [2.05, 4.69) is 31.6 Å². The SMILES string of the molecule is CN(C)c1ccc(-c2cnc(NCc3c(F)ccc4c3CCO4)n3cnnc23)c2ncc(C#N)n12. The molecule has 0 unspecified atom stereocenters. The van der Waals surface area contributed by atoms with Gasteiger partial charge in [0.2, 0.25) is 5.95 Å². The van der Waals surface area contributed by atoms with Crippen molar-refractivity contribution in [3.63, 3.8) is 0 Å². The predicted molar refractivity (Wildman–Crippen MR) is 127 cm³/mol. The second-order valence-corrected chi connectivity index (χ2v) is 8.39. The molecule has 35 heavy (non-hydrogen) atoms. The molecular formula is C24H20FN9O. The van der Waals surface area contributed by atoms with Crippen LogP contribution in [0.2, 0.25) is 0 Å². The van der Waals surface area contributed by atoms with Gasteiger partial charge in [0.05, 0.1) is 12.8 Å². The lowest BCUT2D eigenvalue weighted by molar-refractivity contribution is 0.356. The van der Waals surface area contributed by atoms with Crippen LogP contribution in [0.1, 0.15) is 16.8 Å². The highest BCUT2D eigenvalue weighted by Crippen LogP contribution is 2.33. The van der Waals surface area contributed by atoms with Crippen molar-refractivity contribution in [3.8, 4) is 22.9 Å². The number of pyridine rings is 1. The maximum Gasteiger partial charge on any atom is 0.210 e. The molecule has 0 bridgehead atoms. The van der Waals surface area contributed by atoms with Crippen molar-refractivity contribution in [1.82, 2.24) is 29.0 Å². The fourth-order valence-electron chi connectivity index (χ4n) is 4.53. The zero-order valence-electron chi connectivity index (χ0n) is 19.0. The Hall–Kier alpha value is -4.72. The van der Waals surface area contributed by atoms with Gasteiger partial charge < -0.3 is 15.0 Å². The monoisotopic (exact) mass is 469 g/mol. The molecule has 1 N–H and O–H groups in total. The zero-order chi connectivity index (χ0) is 24.1. The molecule has 1 aromatic carbocycles. The summed E-state index contributed by atoms with van der Waals surface area (Å²) in [6.45, 7) is 0.794. The standard InChI is InChI=1S/C24H20FN9O/c1-32(2)21-6-3-16(22-27-10-14(9-26)34(21)22)18-12-29-24(33-13-30-31-23(18)33)28-11-17-15-7-8-35-20(15)5-4-19(17)25/h3-6,10,12-13H,7-8,11H2,1-2H3,(H,28,29).